The molecule has 24 heavy (non-hydrogen) atoms. The predicted octanol–water partition coefficient (Wildman–Crippen LogP) is 2.60. The van der Waals surface area contributed by atoms with E-state index in [1.165, 1.54) is 0 Å². The van der Waals surface area contributed by atoms with Crippen LogP contribution < -0.4 is 20.1 Å². The molecular weight excluding hydrogens is 308 g/mol. The normalized spacial score (nSPS) is 9.88. The van der Waals surface area contributed by atoms with Crippen molar-refractivity contribution in [1.82, 2.24) is 10.6 Å². The van der Waals surface area contributed by atoms with Crippen LogP contribution in [0, 0.1) is 0 Å². The van der Waals surface area contributed by atoms with Crippen LogP contribution in [0.4, 0.5) is 4.79 Å². The molecule has 0 radical (unpaired) electrons. The quantitative estimate of drug-likeness (QED) is 0.766. The highest BCUT2D eigenvalue weighted by atomic mass is 16.6. The number of carbonyl (C=O) groups excluding carboxylic acids is 2. The number of amides is 2. The maximum absolute atomic E-state index is 12.0. The SMILES string of the molecule is CCOc1ccc(C(=O)NCCNC(=O)Oc2ccccc2)cc1. The van der Waals surface area contributed by atoms with Gasteiger partial charge in [0.25, 0.3) is 5.91 Å². The summed E-state index contributed by atoms with van der Waals surface area (Å²) in [7, 11) is 0. The van der Waals surface area contributed by atoms with Crippen molar-refractivity contribution in [3.05, 3.63) is 60.2 Å². The summed E-state index contributed by atoms with van der Waals surface area (Å²) in [4.78, 5) is 23.5. The van der Waals surface area contributed by atoms with E-state index in [0.717, 1.165) is 5.75 Å². The van der Waals surface area contributed by atoms with Gasteiger partial charge in [-0.1, -0.05) is 18.2 Å². The first-order valence-corrected chi connectivity index (χ1v) is 7.71. The smallest absolute Gasteiger partial charge is 0.412 e. The van der Waals surface area contributed by atoms with E-state index in [0.29, 0.717) is 24.5 Å². The van der Waals surface area contributed by atoms with Gasteiger partial charge in [-0.05, 0) is 43.3 Å². The molecule has 0 heterocycles. The van der Waals surface area contributed by atoms with Gasteiger partial charge in [0.15, 0.2) is 0 Å². The number of para-hydroxylation sites is 1. The van der Waals surface area contributed by atoms with Crippen molar-refractivity contribution in [3.63, 3.8) is 0 Å². The van der Waals surface area contributed by atoms with Crippen molar-refractivity contribution in [1.29, 1.82) is 0 Å². The lowest BCUT2D eigenvalue weighted by Crippen LogP contribution is -2.36. The number of hydrogen-bond acceptors (Lipinski definition) is 4. The fraction of sp³-hybridized carbons (Fsp3) is 0.222. The molecule has 0 fully saturated rings. The Labute approximate surface area is 140 Å². The summed E-state index contributed by atoms with van der Waals surface area (Å²) in [6.45, 7) is 3.05. The monoisotopic (exact) mass is 328 g/mol. The lowest BCUT2D eigenvalue weighted by Gasteiger charge is -2.08. The van der Waals surface area contributed by atoms with Crippen LogP contribution in [0.2, 0.25) is 0 Å². The maximum Gasteiger partial charge on any atom is 0.412 e. The fourth-order valence-corrected chi connectivity index (χ4v) is 1.94. The molecule has 0 aromatic heterocycles. The van der Waals surface area contributed by atoms with Gasteiger partial charge in [0.1, 0.15) is 11.5 Å². The summed E-state index contributed by atoms with van der Waals surface area (Å²) in [5.74, 6) is 0.976. The third-order valence-corrected chi connectivity index (χ3v) is 3.06. The van der Waals surface area contributed by atoms with E-state index in [4.69, 9.17) is 9.47 Å². The number of carbonyl (C=O) groups is 2. The Bertz CT molecular complexity index is 656. The molecule has 2 amide bonds. The molecule has 2 rings (SSSR count). The van der Waals surface area contributed by atoms with Crippen molar-refractivity contribution in [3.8, 4) is 11.5 Å². The van der Waals surface area contributed by atoms with Gasteiger partial charge in [-0.15, -0.1) is 0 Å². The summed E-state index contributed by atoms with van der Waals surface area (Å²) in [6.07, 6.45) is -0.559. The molecule has 0 atom stereocenters. The van der Waals surface area contributed by atoms with Gasteiger partial charge < -0.3 is 20.1 Å². The Hall–Kier alpha value is -3.02. The van der Waals surface area contributed by atoms with Crippen molar-refractivity contribution in [2.45, 2.75) is 6.92 Å². The highest BCUT2D eigenvalue weighted by Gasteiger charge is 2.06. The number of rotatable bonds is 7. The lowest BCUT2D eigenvalue weighted by molar-refractivity contribution is 0.0953. The predicted molar refractivity (Wildman–Crippen MR) is 90.4 cm³/mol. The standard InChI is InChI=1S/C18H20N2O4/c1-2-23-15-10-8-14(9-11-15)17(21)19-12-13-20-18(22)24-16-6-4-3-5-7-16/h3-11H,2,12-13H2,1H3,(H,19,21)(H,20,22). The van der Waals surface area contributed by atoms with Crippen molar-refractivity contribution in [2.75, 3.05) is 19.7 Å². The first-order chi connectivity index (χ1) is 11.7. The molecule has 6 nitrogen and oxygen atoms in total. The Kier molecular flexibility index (Phi) is 6.64. The molecular formula is C18H20N2O4. The van der Waals surface area contributed by atoms with Crippen LogP contribution in [0.3, 0.4) is 0 Å². The van der Waals surface area contributed by atoms with Gasteiger partial charge >= 0.3 is 6.09 Å². The van der Waals surface area contributed by atoms with Gasteiger partial charge in [0.2, 0.25) is 0 Å². The molecule has 0 bridgehead atoms. The van der Waals surface area contributed by atoms with E-state index in [1.54, 1.807) is 48.5 Å². The summed E-state index contributed by atoms with van der Waals surface area (Å²) in [5.41, 5.74) is 0.533. The molecule has 0 aliphatic carbocycles. The van der Waals surface area contributed by atoms with Crippen LogP contribution in [0.1, 0.15) is 17.3 Å². The van der Waals surface area contributed by atoms with E-state index in [2.05, 4.69) is 10.6 Å². The van der Waals surface area contributed by atoms with Gasteiger partial charge in [0, 0.05) is 18.7 Å². The van der Waals surface area contributed by atoms with E-state index >= 15 is 0 Å². The van der Waals surface area contributed by atoms with Crippen molar-refractivity contribution in [2.24, 2.45) is 0 Å². The van der Waals surface area contributed by atoms with Crippen LogP contribution in [-0.4, -0.2) is 31.7 Å². The molecule has 0 saturated heterocycles. The van der Waals surface area contributed by atoms with E-state index in [9.17, 15) is 9.59 Å². The minimum absolute atomic E-state index is 0.212. The number of hydrogen-bond donors (Lipinski definition) is 2. The zero-order chi connectivity index (χ0) is 17.2. The topological polar surface area (TPSA) is 76.7 Å². The molecule has 126 valence electrons. The Morgan fingerprint density at radius 3 is 2.21 bits per heavy atom. The average molecular weight is 328 g/mol. The summed E-state index contributed by atoms with van der Waals surface area (Å²) in [6, 6.07) is 15.6. The number of benzene rings is 2. The highest BCUT2D eigenvalue weighted by Crippen LogP contribution is 2.11. The van der Waals surface area contributed by atoms with Gasteiger partial charge in [0.05, 0.1) is 6.61 Å². The largest absolute Gasteiger partial charge is 0.494 e. The van der Waals surface area contributed by atoms with Crippen LogP contribution in [0.25, 0.3) is 0 Å². The zero-order valence-corrected chi connectivity index (χ0v) is 13.5. The van der Waals surface area contributed by atoms with Gasteiger partial charge in [-0.3, -0.25) is 4.79 Å². The molecule has 2 N–H and O–H groups in total. The highest BCUT2D eigenvalue weighted by molar-refractivity contribution is 5.94. The third-order valence-electron chi connectivity index (χ3n) is 3.06. The summed E-state index contributed by atoms with van der Waals surface area (Å²) < 4.78 is 10.4. The molecule has 0 saturated carbocycles. The lowest BCUT2D eigenvalue weighted by atomic mass is 10.2. The summed E-state index contributed by atoms with van der Waals surface area (Å²) >= 11 is 0. The molecule has 0 unspecified atom stereocenters. The molecule has 6 heteroatoms. The van der Waals surface area contributed by atoms with Gasteiger partial charge in [-0.25, -0.2) is 4.79 Å². The Balaban J connectivity index is 1.68. The molecule has 0 spiro atoms. The second-order valence-corrected chi connectivity index (χ2v) is 4.84. The average Bonchev–Trinajstić information content (AvgIpc) is 2.60. The minimum atomic E-state index is -0.559. The van der Waals surface area contributed by atoms with Crippen LogP contribution in [0.15, 0.2) is 54.6 Å². The first-order valence-electron chi connectivity index (χ1n) is 7.71. The number of nitrogens with one attached hydrogen (secondary N) is 2. The van der Waals surface area contributed by atoms with Crippen LogP contribution in [0.5, 0.6) is 11.5 Å². The molecule has 0 aliphatic rings. The number of ether oxygens (including phenoxy) is 2. The molecule has 2 aromatic rings. The maximum atomic E-state index is 12.0. The summed E-state index contributed by atoms with van der Waals surface area (Å²) in [5, 5.41) is 5.29. The van der Waals surface area contributed by atoms with E-state index < -0.39 is 6.09 Å². The van der Waals surface area contributed by atoms with Crippen LogP contribution in [-0.2, 0) is 0 Å². The van der Waals surface area contributed by atoms with E-state index in [1.807, 2.05) is 13.0 Å². The first kappa shape index (κ1) is 17.3. The Morgan fingerprint density at radius 2 is 1.54 bits per heavy atom. The third kappa shape index (κ3) is 5.64. The zero-order valence-electron chi connectivity index (χ0n) is 13.5. The molecule has 0 aliphatic heterocycles. The Morgan fingerprint density at radius 1 is 0.875 bits per heavy atom. The second-order valence-electron chi connectivity index (χ2n) is 4.84. The fourth-order valence-electron chi connectivity index (χ4n) is 1.94. The van der Waals surface area contributed by atoms with Gasteiger partial charge in [-0.2, -0.15) is 0 Å². The second kappa shape index (κ2) is 9.19. The molecule has 2 aromatic carbocycles. The van der Waals surface area contributed by atoms with E-state index in [-0.39, 0.29) is 12.5 Å². The minimum Gasteiger partial charge on any atom is -0.494 e. The van der Waals surface area contributed by atoms with Crippen molar-refractivity contribution >= 4 is 12.0 Å². The van der Waals surface area contributed by atoms with Crippen molar-refractivity contribution < 1.29 is 19.1 Å². The van der Waals surface area contributed by atoms with Crippen LogP contribution >= 0.6 is 0 Å².